The fraction of sp³-hybridized carbons (Fsp3) is 0.190. The van der Waals surface area contributed by atoms with Crippen molar-refractivity contribution in [2.24, 2.45) is 7.05 Å². The van der Waals surface area contributed by atoms with Crippen molar-refractivity contribution in [3.8, 4) is 17.1 Å². The Morgan fingerprint density at radius 2 is 1.84 bits per heavy atom. The van der Waals surface area contributed by atoms with E-state index in [0.29, 0.717) is 28.3 Å². The highest BCUT2D eigenvalue weighted by Gasteiger charge is 2.25. The maximum atomic E-state index is 11.4. The second-order valence-corrected chi connectivity index (χ2v) is 7.69. The van der Waals surface area contributed by atoms with E-state index in [1.165, 1.54) is 23.7 Å². The Kier molecular flexibility index (Phi) is 5.99. The molecule has 10 heteroatoms. The van der Waals surface area contributed by atoms with Crippen LogP contribution >= 0.6 is 11.8 Å². The van der Waals surface area contributed by atoms with E-state index < -0.39 is 4.92 Å². The molecule has 0 spiro atoms. The first kappa shape index (κ1) is 20.6. The summed E-state index contributed by atoms with van der Waals surface area (Å²) in [7, 11) is 3.33. The largest absolute Gasteiger partial charge is 0.496 e. The molecule has 0 bridgehead atoms. The van der Waals surface area contributed by atoms with Crippen LogP contribution in [0.5, 0.6) is 5.75 Å². The van der Waals surface area contributed by atoms with Crippen molar-refractivity contribution >= 4 is 17.6 Å². The van der Waals surface area contributed by atoms with Gasteiger partial charge in [0.1, 0.15) is 5.75 Å². The van der Waals surface area contributed by atoms with Crippen LogP contribution in [0, 0.1) is 10.1 Å². The van der Waals surface area contributed by atoms with Gasteiger partial charge in [0.05, 0.1) is 12.7 Å². The van der Waals surface area contributed by atoms with Crippen LogP contribution in [-0.4, -0.2) is 36.3 Å². The normalized spacial score (nSPS) is 10.9. The van der Waals surface area contributed by atoms with Gasteiger partial charge in [-0.3, -0.25) is 0 Å². The lowest BCUT2D eigenvalue weighted by Crippen LogP contribution is -2.06. The number of aryl methyl sites for hydroxylation is 2. The lowest BCUT2D eigenvalue weighted by molar-refractivity contribution is -0.392. The maximum Gasteiger partial charge on any atom is 0.396 e. The van der Waals surface area contributed by atoms with Gasteiger partial charge < -0.3 is 24.0 Å². The molecule has 31 heavy (non-hydrogen) atoms. The lowest BCUT2D eigenvalue weighted by atomic mass is 10.1. The molecule has 0 amide bonds. The smallest absolute Gasteiger partial charge is 0.396 e. The number of nitrogens with zero attached hydrogens (tertiary/aromatic N) is 6. The van der Waals surface area contributed by atoms with E-state index in [0.717, 1.165) is 12.0 Å². The minimum Gasteiger partial charge on any atom is -0.496 e. The fourth-order valence-electron chi connectivity index (χ4n) is 3.22. The first-order valence-electron chi connectivity index (χ1n) is 9.52. The molecule has 9 nitrogen and oxygen atoms in total. The van der Waals surface area contributed by atoms with Gasteiger partial charge in [0.25, 0.3) is 0 Å². The van der Waals surface area contributed by atoms with Crippen molar-refractivity contribution in [3.05, 3.63) is 76.6 Å². The minimum absolute atomic E-state index is 0.205. The number of hydrogen-bond donors (Lipinski definition) is 0. The topological polar surface area (TPSA) is 101 Å². The third-order valence-electron chi connectivity index (χ3n) is 4.76. The quantitative estimate of drug-likeness (QED) is 0.304. The fourth-order valence-corrected chi connectivity index (χ4v) is 4.17. The van der Waals surface area contributed by atoms with Gasteiger partial charge in [-0.2, -0.15) is 0 Å². The molecule has 0 atom stereocenters. The Labute approximate surface area is 182 Å². The summed E-state index contributed by atoms with van der Waals surface area (Å²) in [5.41, 5.74) is 1.97. The van der Waals surface area contributed by atoms with Crippen LogP contribution in [0.1, 0.15) is 5.56 Å². The Balaban J connectivity index is 1.76. The Hall–Kier alpha value is -3.66. The van der Waals surface area contributed by atoms with Crippen molar-refractivity contribution in [1.29, 1.82) is 0 Å². The van der Waals surface area contributed by atoms with Crippen LogP contribution in [0.3, 0.4) is 0 Å². The Morgan fingerprint density at radius 1 is 1.10 bits per heavy atom. The van der Waals surface area contributed by atoms with Crippen LogP contribution in [0.15, 0.2) is 71.1 Å². The van der Waals surface area contributed by atoms with Crippen LogP contribution in [0.25, 0.3) is 11.4 Å². The SMILES string of the molecule is COc1ccccc1-c1nnc(Sc2c([N+](=O)[O-])ncn2C)n1CCc1ccccc1. The third-order valence-corrected chi connectivity index (χ3v) is 5.91. The summed E-state index contributed by atoms with van der Waals surface area (Å²) in [4.78, 5) is 14.8. The molecule has 0 saturated heterocycles. The molecule has 2 heterocycles. The van der Waals surface area contributed by atoms with Crippen LogP contribution in [-0.2, 0) is 20.0 Å². The van der Waals surface area contributed by atoms with Crippen molar-refractivity contribution in [2.75, 3.05) is 7.11 Å². The molecule has 0 aliphatic rings. The van der Waals surface area contributed by atoms with Gasteiger partial charge in [0.15, 0.2) is 16.0 Å². The highest BCUT2D eigenvalue weighted by molar-refractivity contribution is 7.99. The highest BCUT2D eigenvalue weighted by atomic mass is 32.2. The Bertz CT molecular complexity index is 1210. The number of aromatic nitrogens is 5. The van der Waals surface area contributed by atoms with Gasteiger partial charge >= 0.3 is 5.82 Å². The first-order valence-corrected chi connectivity index (χ1v) is 10.3. The van der Waals surface area contributed by atoms with E-state index in [2.05, 4.69) is 27.3 Å². The van der Waals surface area contributed by atoms with Crippen LogP contribution in [0.2, 0.25) is 0 Å². The maximum absolute atomic E-state index is 11.4. The van der Waals surface area contributed by atoms with Gasteiger partial charge in [-0.25, -0.2) is 0 Å². The van der Waals surface area contributed by atoms with Crippen molar-refractivity contribution < 1.29 is 9.66 Å². The molecule has 0 N–H and O–H groups in total. The molecule has 0 aliphatic heterocycles. The standard InChI is InChI=1S/C21H20N6O3S/c1-25-14-22-19(27(28)29)20(25)31-21-24-23-18(16-10-6-7-11-17(16)30-2)26(21)13-12-15-8-4-3-5-9-15/h3-11,14H,12-13H2,1-2H3. The molecule has 0 unspecified atom stereocenters. The van der Waals surface area contributed by atoms with Gasteiger partial charge in [-0.1, -0.05) is 42.5 Å². The number of para-hydroxylation sites is 1. The number of hydrogen-bond acceptors (Lipinski definition) is 7. The predicted octanol–water partition coefficient (Wildman–Crippen LogP) is 3.99. The Morgan fingerprint density at radius 3 is 2.58 bits per heavy atom. The summed E-state index contributed by atoms with van der Waals surface area (Å²) in [5, 5.41) is 21.1. The molecule has 158 valence electrons. The molecule has 0 saturated carbocycles. The predicted molar refractivity (Wildman–Crippen MR) is 116 cm³/mol. The summed E-state index contributed by atoms with van der Waals surface area (Å²) in [6, 6.07) is 17.7. The number of ether oxygens (including phenoxy) is 1. The van der Waals surface area contributed by atoms with Crippen molar-refractivity contribution in [3.63, 3.8) is 0 Å². The van der Waals surface area contributed by atoms with E-state index in [4.69, 9.17) is 4.74 Å². The van der Waals surface area contributed by atoms with Crippen molar-refractivity contribution in [1.82, 2.24) is 24.3 Å². The first-order chi connectivity index (χ1) is 15.1. The van der Waals surface area contributed by atoms with E-state index in [-0.39, 0.29) is 5.82 Å². The van der Waals surface area contributed by atoms with Crippen LogP contribution in [0.4, 0.5) is 5.82 Å². The van der Waals surface area contributed by atoms with Gasteiger partial charge in [0, 0.05) is 13.6 Å². The number of benzene rings is 2. The zero-order chi connectivity index (χ0) is 21.8. The van der Waals surface area contributed by atoms with Gasteiger partial charge in [-0.05, 0) is 45.8 Å². The number of methoxy groups -OCH3 is 1. The summed E-state index contributed by atoms with van der Waals surface area (Å²) < 4.78 is 9.09. The number of imidazole rings is 1. The third kappa shape index (κ3) is 4.29. The molecule has 0 fully saturated rings. The average Bonchev–Trinajstić information content (AvgIpc) is 3.36. The monoisotopic (exact) mass is 436 g/mol. The molecular formula is C21H20N6O3S. The zero-order valence-electron chi connectivity index (χ0n) is 17.0. The number of nitro groups is 1. The summed E-state index contributed by atoms with van der Waals surface area (Å²) in [6.07, 6.45) is 2.17. The van der Waals surface area contributed by atoms with E-state index in [1.807, 2.05) is 47.0 Å². The molecule has 2 aromatic carbocycles. The summed E-state index contributed by atoms with van der Waals surface area (Å²) in [5.74, 6) is 1.11. The lowest BCUT2D eigenvalue weighted by Gasteiger charge is -2.12. The number of rotatable bonds is 8. The van der Waals surface area contributed by atoms with Crippen LogP contribution < -0.4 is 4.74 Å². The molecule has 0 radical (unpaired) electrons. The van der Waals surface area contributed by atoms with E-state index in [1.54, 1.807) is 18.7 Å². The summed E-state index contributed by atoms with van der Waals surface area (Å²) in [6.45, 7) is 0.596. The molecule has 2 aromatic heterocycles. The second kappa shape index (κ2) is 9.00. The zero-order valence-corrected chi connectivity index (χ0v) is 17.8. The van der Waals surface area contributed by atoms with E-state index in [9.17, 15) is 10.1 Å². The molecule has 0 aliphatic carbocycles. The highest BCUT2D eigenvalue weighted by Crippen LogP contribution is 2.36. The summed E-state index contributed by atoms with van der Waals surface area (Å²) >= 11 is 1.17. The second-order valence-electron chi connectivity index (χ2n) is 6.74. The van der Waals surface area contributed by atoms with E-state index >= 15 is 0 Å². The molecular weight excluding hydrogens is 416 g/mol. The van der Waals surface area contributed by atoms with Crippen molar-refractivity contribution in [2.45, 2.75) is 23.1 Å². The average molecular weight is 436 g/mol. The van der Waals surface area contributed by atoms with Gasteiger partial charge in [0.2, 0.25) is 6.33 Å². The molecule has 4 aromatic rings. The molecule has 4 rings (SSSR count). The minimum atomic E-state index is -0.492. The van der Waals surface area contributed by atoms with Gasteiger partial charge in [-0.15, -0.1) is 10.2 Å².